The summed E-state index contributed by atoms with van der Waals surface area (Å²) < 4.78 is 7.42. The van der Waals surface area contributed by atoms with E-state index >= 15 is 0 Å². The number of benzene rings is 2. The van der Waals surface area contributed by atoms with Crippen molar-refractivity contribution in [2.75, 3.05) is 12.4 Å². The van der Waals surface area contributed by atoms with E-state index in [1.165, 1.54) is 22.7 Å². The zero-order valence-corrected chi connectivity index (χ0v) is 20.2. The van der Waals surface area contributed by atoms with Crippen molar-refractivity contribution in [3.05, 3.63) is 114 Å². The number of amides is 1. The lowest BCUT2D eigenvalue weighted by Gasteiger charge is -2.24. The molecule has 1 amide bonds. The molecule has 0 spiro atoms. The fraction of sp³-hybridized carbons (Fsp3) is 0.115. The molecule has 0 aliphatic carbocycles. The summed E-state index contributed by atoms with van der Waals surface area (Å²) in [5, 5.41) is 4.91. The first-order valence-corrected chi connectivity index (χ1v) is 12.3. The zero-order valence-electron chi connectivity index (χ0n) is 18.5. The predicted molar refractivity (Wildman–Crippen MR) is 136 cm³/mol. The molecule has 0 saturated carbocycles. The maximum absolute atomic E-state index is 13.6. The minimum absolute atomic E-state index is 0.171. The number of thiazole rings is 1. The molecule has 1 N–H and O–H groups in total. The predicted octanol–water partition coefficient (Wildman–Crippen LogP) is 3.94. The van der Waals surface area contributed by atoms with E-state index in [2.05, 4.69) is 10.3 Å². The first-order valence-electron chi connectivity index (χ1n) is 10.6. The van der Waals surface area contributed by atoms with E-state index in [0.29, 0.717) is 26.3 Å². The Labute approximate surface area is 203 Å². The van der Waals surface area contributed by atoms with E-state index in [4.69, 9.17) is 4.74 Å². The van der Waals surface area contributed by atoms with Gasteiger partial charge in [-0.15, -0.1) is 11.3 Å². The molecule has 0 fully saturated rings. The van der Waals surface area contributed by atoms with Crippen LogP contribution in [0.15, 0.2) is 93.2 Å². The van der Waals surface area contributed by atoms with Gasteiger partial charge >= 0.3 is 0 Å². The molecule has 1 aliphatic heterocycles. The lowest BCUT2D eigenvalue weighted by atomic mass is 10.0. The van der Waals surface area contributed by atoms with Gasteiger partial charge in [-0.25, -0.2) is 4.99 Å². The monoisotopic (exact) mass is 487 g/mol. The highest BCUT2D eigenvalue weighted by Crippen LogP contribution is 2.33. The van der Waals surface area contributed by atoms with E-state index in [9.17, 15) is 9.59 Å². The van der Waals surface area contributed by atoms with Gasteiger partial charge in [0.25, 0.3) is 11.5 Å². The summed E-state index contributed by atoms with van der Waals surface area (Å²) in [7, 11) is 1.62. The number of ether oxygens (including phenoxy) is 1. The van der Waals surface area contributed by atoms with Crippen molar-refractivity contribution >= 4 is 40.3 Å². The molecule has 1 atom stereocenters. The number of anilines is 1. The van der Waals surface area contributed by atoms with Crippen LogP contribution < -0.4 is 24.9 Å². The van der Waals surface area contributed by atoms with Crippen LogP contribution in [0, 0.1) is 0 Å². The Morgan fingerprint density at radius 2 is 1.85 bits per heavy atom. The van der Waals surface area contributed by atoms with Crippen LogP contribution in [0.1, 0.15) is 23.4 Å². The summed E-state index contributed by atoms with van der Waals surface area (Å²) in [5.74, 6) is 0.483. The molecule has 5 rings (SSSR count). The Hall–Kier alpha value is -3.75. The Morgan fingerprint density at radius 3 is 2.53 bits per heavy atom. The molecule has 2 aromatic carbocycles. The van der Waals surface area contributed by atoms with Gasteiger partial charge < -0.3 is 10.1 Å². The van der Waals surface area contributed by atoms with E-state index in [1.54, 1.807) is 11.7 Å². The average Bonchev–Trinajstić information content (AvgIpc) is 3.48. The highest BCUT2D eigenvalue weighted by atomic mass is 32.1. The maximum Gasteiger partial charge on any atom is 0.271 e. The number of hydrogen-bond donors (Lipinski definition) is 1. The topological polar surface area (TPSA) is 72.7 Å². The smallest absolute Gasteiger partial charge is 0.271 e. The molecule has 8 heteroatoms. The third-order valence-corrected chi connectivity index (χ3v) is 7.43. The van der Waals surface area contributed by atoms with Gasteiger partial charge in [0.15, 0.2) is 4.80 Å². The molecule has 0 bridgehead atoms. The number of para-hydroxylation sites is 1. The fourth-order valence-electron chi connectivity index (χ4n) is 3.90. The summed E-state index contributed by atoms with van der Waals surface area (Å²) in [6, 6.07) is 20.1. The third-order valence-electron chi connectivity index (χ3n) is 5.52. The Kier molecular flexibility index (Phi) is 6.00. The number of allylic oxidation sites excluding steroid dienone is 1. The van der Waals surface area contributed by atoms with Crippen molar-refractivity contribution in [2.24, 2.45) is 4.99 Å². The number of aromatic nitrogens is 1. The number of carbonyl (C=O) groups excluding carboxylic acids is 1. The lowest BCUT2D eigenvalue weighted by Crippen LogP contribution is -2.40. The Bertz CT molecular complexity index is 1550. The molecule has 2 aromatic heterocycles. The largest absolute Gasteiger partial charge is 0.497 e. The van der Waals surface area contributed by atoms with Crippen LogP contribution in [-0.4, -0.2) is 17.6 Å². The maximum atomic E-state index is 13.6. The summed E-state index contributed by atoms with van der Waals surface area (Å²) in [4.78, 5) is 33.1. The number of rotatable bonds is 5. The number of carbonyl (C=O) groups is 1. The molecule has 3 heterocycles. The third kappa shape index (κ3) is 4.13. The summed E-state index contributed by atoms with van der Waals surface area (Å²) in [6.07, 6.45) is 1.85. The molecule has 0 saturated heterocycles. The zero-order chi connectivity index (χ0) is 23.7. The Morgan fingerprint density at radius 1 is 1.09 bits per heavy atom. The minimum Gasteiger partial charge on any atom is -0.497 e. The average molecular weight is 488 g/mol. The van der Waals surface area contributed by atoms with Crippen molar-refractivity contribution in [3.8, 4) is 5.75 Å². The molecule has 170 valence electrons. The van der Waals surface area contributed by atoms with Crippen LogP contribution in [0.4, 0.5) is 5.69 Å². The molecular formula is C26H21N3O3S2. The number of hydrogen-bond acceptors (Lipinski definition) is 6. The number of nitrogens with one attached hydrogen (secondary N) is 1. The van der Waals surface area contributed by atoms with Gasteiger partial charge in [0.2, 0.25) is 0 Å². The van der Waals surface area contributed by atoms with Crippen LogP contribution in [0.2, 0.25) is 0 Å². The molecule has 1 aliphatic rings. The van der Waals surface area contributed by atoms with Gasteiger partial charge in [0.05, 0.1) is 22.9 Å². The number of methoxy groups -OCH3 is 1. The number of nitrogens with zero attached hydrogens (tertiary/aromatic N) is 2. The van der Waals surface area contributed by atoms with Crippen LogP contribution in [-0.2, 0) is 4.79 Å². The van der Waals surface area contributed by atoms with Crippen molar-refractivity contribution in [3.63, 3.8) is 0 Å². The highest BCUT2D eigenvalue weighted by Gasteiger charge is 2.33. The highest BCUT2D eigenvalue weighted by molar-refractivity contribution is 7.10. The first kappa shape index (κ1) is 22.1. The SMILES string of the molecule is COc1ccc(/C=c2\sc3n(c2=O)C(c2cccs2)C(C(=O)Nc2ccccc2)=C(C)N=3)cc1. The summed E-state index contributed by atoms with van der Waals surface area (Å²) in [5.41, 5.74) is 2.47. The lowest BCUT2D eigenvalue weighted by molar-refractivity contribution is -0.113. The van der Waals surface area contributed by atoms with Crippen LogP contribution in [0.3, 0.4) is 0 Å². The molecule has 4 aromatic rings. The van der Waals surface area contributed by atoms with Crippen molar-refractivity contribution in [2.45, 2.75) is 13.0 Å². The van der Waals surface area contributed by atoms with Crippen molar-refractivity contribution < 1.29 is 9.53 Å². The van der Waals surface area contributed by atoms with E-state index < -0.39 is 6.04 Å². The summed E-state index contributed by atoms with van der Waals surface area (Å²) >= 11 is 2.84. The van der Waals surface area contributed by atoms with E-state index in [0.717, 1.165) is 16.2 Å². The second-order valence-electron chi connectivity index (χ2n) is 7.69. The first-order chi connectivity index (χ1) is 16.5. The van der Waals surface area contributed by atoms with E-state index in [-0.39, 0.29) is 11.5 Å². The fourth-order valence-corrected chi connectivity index (χ4v) is 5.77. The normalized spacial score (nSPS) is 15.6. The van der Waals surface area contributed by atoms with Crippen LogP contribution in [0.5, 0.6) is 5.75 Å². The minimum atomic E-state index is -0.544. The molecular weight excluding hydrogens is 466 g/mol. The second-order valence-corrected chi connectivity index (χ2v) is 9.68. The van der Waals surface area contributed by atoms with Gasteiger partial charge in [-0.1, -0.05) is 47.7 Å². The van der Waals surface area contributed by atoms with Crippen molar-refractivity contribution in [1.29, 1.82) is 0 Å². The van der Waals surface area contributed by atoms with Gasteiger partial charge in [-0.05, 0) is 54.3 Å². The van der Waals surface area contributed by atoms with E-state index in [1.807, 2.05) is 85.1 Å². The van der Waals surface area contributed by atoms with Gasteiger partial charge in [0, 0.05) is 10.6 Å². The van der Waals surface area contributed by atoms with Gasteiger partial charge in [0.1, 0.15) is 11.8 Å². The summed E-state index contributed by atoms with van der Waals surface area (Å²) in [6.45, 7) is 1.82. The second kappa shape index (κ2) is 9.24. The number of fused-ring (bicyclic) bond motifs is 1. The molecule has 1 unspecified atom stereocenters. The molecule has 34 heavy (non-hydrogen) atoms. The molecule has 6 nitrogen and oxygen atoms in total. The van der Waals surface area contributed by atoms with Crippen molar-refractivity contribution in [1.82, 2.24) is 4.57 Å². The van der Waals surface area contributed by atoms with Crippen LogP contribution >= 0.6 is 22.7 Å². The van der Waals surface area contributed by atoms with Gasteiger partial charge in [-0.2, -0.15) is 0 Å². The van der Waals surface area contributed by atoms with Crippen LogP contribution in [0.25, 0.3) is 6.08 Å². The number of thiophene rings is 1. The standard InChI is InChI=1S/C26H21N3O3S2/c1-16-22(24(30)28-18-7-4-3-5-8-18)23(20-9-6-14-33-20)29-25(31)21(34-26(29)27-16)15-17-10-12-19(32-2)13-11-17/h3-15,23H,1-2H3,(H,28,30)/b21-15-. The molecule has 0 radical (unpaired) electrons. The quantitative estimate of drug-likeness (QED) is 0.463. The Balaban J connectivity index is 1.62. The van der Waals surface area contributed by atoms with Gasteiger partial charge in [-0.3, -0.25) is 14.2 Å².